The van der Waals surface area contributed by atoms with E-state index in [2.05, 4.69) is 24.5 Å². The van der Waals surface area contributed by atoms with Gasteiger partial charge in [0.2, 0.25) is 0 Å². The first-order valence-electron chi connectivity index (χ1n) is 6.58. The molecule has 0 bridgehead atoms. The van der Waals surface area contributed by atoms with Crippen molar-refractivity contribution in [3.05, 3.63) is 11.3 Å². The Kier molecular flexibility index (Phi) is 9.13. The van der Waals surface area contributed by atoms with Gasteiger partial charge in [-0.3, -0.25) is 0 Å². The van der Waals surface area contributed by atoms with Crippen molar-refractivity contribution >= 4 is 0 Å². The van der Waals surface area contributed by atoms with Crippen LogP contribution in [0.15, 0.2) is 11.3 Å². The van der Waals surface area contributed by atoms with Gasteiger partial charge in [-0.2, -0.15) is 0 Å². The van der Waals surface area contributed by atoms with Crippen LogP contribution in [0.5, 0.6) is 0 Å². The van der Waals surface area contributed by atoms with E-state index in [0.29, 0.717) is 6.54 Å². The lowest BCUT2D eigenvalue weighted by Gasteiger charge is -2.21. The summed E-state index contributed by atoms with van der Waals surface area (Å²) in [7, 11) is 0. The molecule has 0 rings (SSSR count). The summed E-state index contributed by atoms with van der Waals surface area (Å²) < 4.78 is 0. The van der Waals surface area contributed by atoms with Crippen LogP contribution in [-0.2, 0) is 0 Å². The Hall–Kier alpha value is -0.580. The molecule has 0 aliphatic rings. The van der Waals surface area contributed by atoms with Crippen molar-refractivity contribution in [2.75, 3.05) is 19.6 Å². The molecule has 0 saturated carbocycles. The van der Waals surface area contributed by atoms with Crippen molar-refractivity contribution in [1.29, 1.82) is 0 Å². The monoisotopic (exact) mass is 244 g/mol. The largest absolute Gasteiger partial charge is 0.389 e. The maximum absolute atomic E-state index is 9.78. The average Bonchev–Trinajstić information content (AvgIpc) is 2.26. The van der Waals surface area contributed by atoms with E-state index in [-0.39, 0.29) is 0 Å². The van der Waals surface area contributed by atoms with Crippen LogP contribution in [0.4, 0.5) is 0 Å². The van der Waals surface area contributed by atoms with E-state index in [0.717, 1.165) is 37.2 Å². The molecule has 0 aromatic carbocycles. The van der Waals surface area contributed by atoms with Crippen molar-refractivity contribution in [2.45, 2.75) is 52.7 Å². The predicted molar refractivity (Wildman–Crippen MR) is 71.8 cm³/mol. The zero-order valence-corrected chi connectivity index (χ0v) is 11.6. The third-order valence-corrected chi connectivity index (χ3v) is 2.58. The highest BCUT2D eigenvalue weighted by Crippen LogP contribution is 2.10. The van der Waals surface area contributed by atoms with E-state index in [4.69, 9.17) is 0 Å². The van der Waals surface area contributed by atoms with Crippen molar-refractivity contribution in [1.82, 2.24) is 10.6 Å². The fourth-order valence-electron chi connectivity index (χ4n) is 1.66. The van der Waals surface area contributed by atoms with Gasteiger partial charge >= 0.3 is 0 Å². The Balaban J connectivity index is 4.72. The van der Waals surface area contributed by atoms with Crippen molar-refractivity contribution < 1.29 is 10.2 Å². The molecule has 0 saturated heterocycles. The lowest BCUT2D eigenvalue weighted by Crippen LogP contribution is -2.32. The van der Waals surface area contributed by atoms with Gasteiger partial charge in [0, 0.05) is 18.8 Å². The normalized spacial score (nSPS) is 16.4. The van der Waals surface area contributed by atoms with Crippen LogP contribution >= 0.6 is 0 Å². The Bertz CT molecular complexity index is 225. The van der Waals surface area contributed by atoms with Crippen LogP contribution < -0.4 is 10.6 Å². The first kappa shape index (κ1) is 16.4. The molecule has 0 aliphatic carbocycles. The lowest BCUT2D eigenvalue weighted by molar-refractivity contribution is 0.199. The first-order chi connectivity index (χ1) is 8.04. The van der Waals surface area contributed by atoms with Crippen LogP contribution in [0.2, 0.25) is 0 Å². The molecule has 0 aliphatic heterocycles. The Morgan fingerprint density at radius 1 is 1.00 bits per heavy atom. The van der Waals surface area contributed by atoms with E-state index in [1.165, 1.54) is 0 Å². The molecule has 102 valence electrons. The minimum atomic E-state index is -0.574. The van der Waals surface area contributed by atoms with E-state index < -0.39 is 12.2 Å². The highest BCUT2D eigenvalue weighted by atomic mass is 16.3. The third kappa shape index (κ3) is 6.66. The molecule has 4 N–H and O–H groups in total. The number of hydrogen-bond donors (Lipinski definition) is 4. The molecule has 0 spiro atoms. The van der Waals surface area contributed by atoms with Gasteiger partial charge in [-0.1, -0.05) is 13.8 Å². The van der Waals surface area contributed by atoms with Gasteiger partial charge in [-0.25, -0.2) is 0 Å². The van der Waals surface area contributed by atoms with Crippen molar-refractivity contribution in [2.24, 2.45) is 0 Å². The quantitative estimate of drug-likeness (QED) is 0.457. The standard InChI is InChI=1S/C13H28N2O2/c1-5-7-14-9-12(10(3)16)13(11(4)17)15-8-6-2/h10-11,14-17H,5-9H2,1-4H3. The van der Waals surface area contributed by atoms with Crippen molar-refractivity contribution in [3.63, 3.8) is 0 Å². The fourth-order valence-corrected chi connectivity index (χ4v) is 1.66. The molecule has 0 amide bonds. The summed E-state index contributed by atoms with van der Waals surface area (Å²) in [6.07, 6.45) is 0.924. The summed E-state index contributed by atoms with van der Waals surface area (Å²) in [4.78, 5) is 0. The Morgan fingerprint density at radius 3 is 2.00 bits per heavy atom. The summed E-state index contributed by atoms with van der Waals surface area (Å²) in [6, 6.07) is 0. The number of rotatable bonds is 9. The second-order valence-electron chi connectivity index (χ2n) is 4.39. The number of nitrogens with one attached hydrogen (secondary N) is 2. The minimum Gasteiger partial charge on any atom is -0.389 e. The third-order valence-electron chi connectivity index (χ3n) is 2.58. The second-order valence-corrected chi connectivity index (χ2v) is 4.39. The van der Waals surface area contributed by atoms with E-state index >= 15 is 0 Å². The molecule has 17 heavy (non-hydrogen) atoms. The van der Waals surface area contributed by atoms with E-state index in [1.807, 2.05) is 0 Å². The van der Waals surface area contributed by atoms with Gasteiger partial charge in [0.05, 0.1) is 12.2 Å². The van der Waals surface area contributed by atoms with Gasteiger partial charge in [-0.15, -0.1) is 0 Å². The molecule has 0 aromatic rings. The highest BCUT2D eigenvalue weighted by molar-refractivity contribution is 5.20. The molecule has 4 heteroatoms. The molecule has 4 nitrogen and oxygen atoms in total. The highest BCUT2D eigenvalue weighted by Gasteiger charge is 2.15. The molecule has 0 heterocycles. The first-order valence-corrected chi connectivity index (χ1v) is 6.58. The maximum atomic E-state index is 9.78. The molecular formula is C13H28N2O2. The lowest BCUT2D eigenvalue weighted by atomic mass is 10.1. The molecule has 0 radical (unpaired) electrons. The summed E-state index contributed by atoms with van der Waals surface area (Å²) in [6.45, 7) is 9.97. The van der Waals surface area contributed by atoms with Gasteiger partial charge in [0.25, 0.3) is 0 Å². The van der Waals surface area contributed by atoms with Gasteiger partial charge in [0.15, 0.2) is 0 Å². The zero-order chi connectivity index (χ0) is 13.3. The summed E-state index contributed by atoms with van der Waals surface area (Å²) in [5.41, 5.74) is 1.60. The number of aliphatic hydroxyl groups is 2. The Labute approximate surface area is 105 Å². The van der Waals surface area contributed by atoms with Crippen LogP contribution in [0, 0.1) is 0 Å². The number of aliphatic hydroxyl groups excluding tert-OH is 2. The molecule has 0 aromatic heterocycles. The van der Waals surface area contributed by atoms with Crippen LogP contribution in [-0.4, -0.2) is 42.1 Å². The summed E-state index contributed by atoms with van der Waals surface area (Å²) in [5, 5.41) is 26.0. The Morgan fingerprint density at radius 2 is 1.59 bits per heavy atom. The van der Waals surface area contributed by atoms with Crippen LogP contribution in [0.3, 0.4) is 0 Å². The van der Waals surface area contributed by atoms with Crippen molar-refractivity contribution in [3.8, 4) is 0 Å². The number of hydrogen-bond acceptors (Lipinski definition) is 4. The smallest absolute Gasteiger partial charge is 0.0907 e. The van der Waals surface area contributed by atoms with Crippen LogP contribution in [0.1, 0.15) is 40.5 Å². The second kappa shape index (κ2) is 9.45. The predicted octanol–water partition coefficient (Wildman–Crippen LogP) is 1.00. The van der Waals surface area contributed by atoms with Gasteiger partial charge in [-0.05, 0) is 38.8 Å². The van der Waals surface area contributed by atoms with E-state index in [9.17, 15) is 10.2 Å². The maximum Gasteiger partial charge on any atom is 0.0907 e. The van der Waals surface area contributed by atoms with Gasteiger partial charge < -0.3 is 20.8 Å². The molecule has 2 atom stereocenters. The topological polar surface area (TPSA) is 64.5 Å². The van der Waals surface area contributed by atoms with Crippen LogP contribution in [0.25, 0.3) is 0 Å². The summed E-state index contributed by atoms with van der Waals surface area (Å²) in [5.74, 6) is 0. The average molecular weight is 244 g/mol. The fraction of sp³-hybridized carbons (Fsp3) is 0.846. The van der Waals surface area contributed by atoms with E-state index in [1.54, 1.807) is 13.8 Å². The zero-order valence-electron chi connectivity index (χ0n) is 11.6. The molecular weight excluding hydrogens is 216 g/mol. The SMILES string of the molecule is CCCNCC(=C(NCCC)C(C)O)C(C)O. The molecule has 2 unspecified atom stereocenters. The summed E-state index contributed by atoms with van der Waals surface area (Å²) >= 11 is 0. The minimum absolute atomic E-state index is 0.548. The molecule has 0 fully saturated rings. The van der Waals surface area contributed by atoms with Gasteiger partial charge in [0.1, 0.15) is 0 Å².